The van der Waals surface area contributed by atoms with Crippen LogP contribution in [0.5, 0.6) is 0 Å². The lowest BCUT2D eigenvalue weighted by Gasteiger charge is -2.17. The summed E-state index contributed by atoms with van der Waals surface area (Å²) in [5.74, 6) is 1.03. The van der Waals surface area contributed by atoms with Gasteiger partial charge in [0.25, 0.3) is 0 Å². The second-order valence-corrected chi connectivity index (χ2v) is 18.9. The second-order valence-electron chi connectivity index (χ2n) is 18.9. The first-order valence-electron chi connectivity index (χ1n) is 27.1. The van der Waals surface area contributed by atoms with Crippen molar-refractivity contribution in [3.8, 4) is 0 Å². The summed E-state index contributed by atoms with van der Waals surface area (Å²) < 4.78 is 0. The summed E-state index contributed by atoms with van der Waals surface area (Å²) in [4.78, 5) is 0. The molecule has 0 aromatic carbocycles. The number of hydrogen-bond donors (Lipinski definition) is 0. The van der Waals surface area contributed by atoms with E-state index in [2.05, 4.69) is 32.2 Å². The molecule has 0 heterocycles. The third-order valence-corrected chi connectivity index (χ3v) is 13.3. The molecular formula is C56H110. The summed E-state index contributed by atoms with van der Waals surface area (Å²) in [6, 6.07) is 0. The van der Waals surface area contributed by atoms with E-state index < -0.39 is 0 Å². The number of hydrogen-bond acceptors (Lipinski definition) is 0. The van der Waals surface area contributed by atoms with Gasteiger partial charge in [-0.1, -0.05) is 314 Å². The van der Waals surface area contributed by atoms with E-state index in [0.29, 0.717) is 0 Å². The average Bonchev–Trinajstić information content (AvgIpc) is 3.21. The SMILES string of the molecule is C=CCCCCCCCCCCCCCCCCCCC(CCCCCCCCCCCCCCC)CCCCCCCCCCCCCCCCCCC=C. The predicted molar refractivity (Wildman–Crippen MR) is 260 cm³/mol. The van der Waals surface area contributed by atoms with Gasteiger partial charge in [-0.15, -0.1) is 13.2 Å². The molecule has 0 spiro atoms. The minimum atomic E-state index is 1.03. The van der Waals surface area contributed by atoms with Crippen molar-refractivity contribution < 1.29 is 0 Å². The van der Waals surface area contributed by atoms with Crippen LogP contribution in [-0.4, -0.2) is 0 Å². The largest absolute Gasteiger partial charge is 0.103 e. The van der Waals surface area contributed by atoms with Crippen LogP contribution in [0.1, 0.15) is 328 Å². The van der Waals surface area contributed by atoms with Crippen LogP contribution in [0.25, 0.3) is 0 Å². The van der Waals surface area contributed by atoms with E-state index in [0.717, 1.165) is 5.92 Å². The fraction of sp³-hybridized carbons (Fsp3) is 0.929. The van der Waals surface area contributed by atoms with Crippen molar-refractivity contribution in [2.75, 3.05) is 0 Å². The van der Waals surface area contributed by atoms with E-state index >= 15 is 0 Å². The molecule has 0 atom stereocenters. The van der Waals surface area contributed by atoms with Crippen LogP contribution in [0.2, 0.25) is 0 Å². The van der Waals surface area contributed by atoms with E-state index in [1.54, 1.807) is 0 Å². The Hall–Kier alpha value is -0.520. The van der Waals surface area contributed by atoms with E-state index in [-0.39, 0.29) is 0 Å². The van der Waals surface area contributed by atoms with Gasteiger partial charge in [0, 0.05) is 0 Å². The highest BCUT2D eigenvalue weighted by Crippen LogP contribution is 2.25. The van der Waals surface area contributed by atoms with Crippen molar-refractivity contribution in [1.29, 1.82) is 0 Å². The molecule has 0 aromatic heterocycles. The Kier molecular flexibility index (Phi) is 52.0. The maximum atomic E-state index is 3.83. The van der Waals surface area contributed by atoms with Gasteiger partial charge in [-0.2, -0.15) is 0 Å². The van der Waals surface area contributed by atoms with Gasteiger partial charge in [-0.25, -0.2) is 0 Å². The molecule has 0 aromatic rings. The zero-order valence-corrected chi connectivity index (χ0v) is 39.5. The molecule has 0 aliphatic rings. The normalized spacial score (nSPS) is 11.6. The quantitative estimate of drug-likeness (QED) is 0.0426. The maximum absolute atomic E-state index is 3.83. The van der Waals surface area contributed by atoms with Crippen LogP contribution in [0.3, 0.4) is 0 Å². The first-order valence-corrected chi connectivity index (χ1v) is 27.1. The van der Waals surface area contributed by atoms with Gasteiger partial charge in [0.1, 0.15) is 0 Å². The van der Waals surface area contributed by atoms with E-state index in [1.807, 2.05) is 0 Å². The molecule has 0 radical (unpaired) electrons. The van der Waals surface area contributed by atoms with Gasteiger partial charge >= 0.3 is 0 Å². The number of rotatable bonds is 52. The Morgan fingerprint density at radius 3 is 0.571 bits per heavy atom. The monoisotopic (exact) mass is 783 g/mol. The van der Waals surface area contributed by atoms with Gasteiger partial charge in [0.2, 0.25) is 0 Å². The minimum Gasteiger partial charge on any atom is -0.103 e. The van der Waals surface area contributed by atoms with Crippen molar-refractivity contribution in [2.24, 2.45) is 5.92 Å². The van der Waals surface area contributed by atoms with Gasteiger partial charge in [-0.05, 0) is 31.6 Å². The third kappa shape index (κ3) is 49.6. The van der Waals surface area contributed by atoms with Gasteiger partial charge < -0.3 is 0 Å². The Labute approximate surface area is 357 Å². The van der Waals surface area contributed by atoms with Crippen LogP contribution in [-0.2, 0) is 0 Å². The summed E-state index contributed by atoms with van der Waals surface area (Å²) in [6.07, 6.45) is 77.3. The first kappa shape index (κ1) is 55.5. The molecule has 0 rings (SSSR count). The zero-order valence-electron chi connectivity index (χ0n) is 39.5. The minimum absolute atomic E-state index is 1.03. The van der Waals surface area contributed by atoms with E-state index in [4.69, 9.17) is 0 Å². The molecule has 0 aliphatic carbocycles. The van der Waals surface area contributed by atoms with Crippen LogP contribution < -0.4 is 0 Å². The Morgan fingerprint density at radius 2 is 0.393 bits per heavy atom. The van der Waals surface area contributed by atoms with Crippen molar-refractivity contribution >= 4 is 0 Å². The lowest BCUT2D eigenvalue weighted by atomic mass is 9.89. The molecule has 0 unspecified atom stereocenters. The van der Waals surface area contributed by atoms with Crippen molar-refractivity contribution in [2.45, 2.75) is 328 Å². The fourth-order valence-corrected chi connectivity index (χ4v) is 9.28. The summed E-state index contributed by atoms with van der Waals surface area (Å²) in [5.41, 5.74) is 0. The molecule has 0 amide bonds. The van der Waals surface area contributed by atoms with Crippen LogP contribution >= 0.6 is 0 Å². The maximum Gasteiger partial charge on any atom is -0.0353 e. The lowest BCUT2D eigenvalue weighted by molar-refractivity contribution is 0.365. The third-order valence-electron chi connectivity index (χ3n) is 13.3. The van der Waals surface area contributed by atoms with Crippen LogP contribution in [0.15, 0.2) is 25.3 Å². The summed E-state index contributed by atoms with van der Waals surface area (Å²) >= 11 is 0. The van der Waals surface area contributed by atoms with Crippen molar-refractivity contribution in [3.05, 3.63) is 25.3 Å². The van der Waals surface area contributed by atoms with Crippen LogP contribution in [0.4, 0.5) is 0 Å². The topological polar surface area (TPSA) is 0 Å². The Morgan fingerprint density at radius 1 is 0.232 bits per heavy atom. The average molecular weight is 783 g/mol. The molecule has 0 nitrogen and oxygen atoms in total. The smallest absolute Gasteiger partial charge is 0.0353 e. The fourth-order valence-electron chi connectivity index (χ4n) is 9.28. The van der Waals surface area contributed by atoms with Crippen LogP contribution in [0, 0.1) is 5.92 Å². The highest BCUT2D eigenvalue weighted by molar-refractivity contribution is 4.66. The standard InChI is InChI=1S/C56H110/c1-4-7-10-13-16-19-22-25-27-29-31-33-36-39-42-45-48-51-54-56(53-50-47-44-41-38-35-24-21-18-15-12-9-6-3)55-52-49-46-43-40-37-34-32-30-28-26-23-20-17-14-11-8-5-2/h4-5,56H,1-2,6-55H2,3H3. The van der Waals surface area contributed by atoms with E-state index in [9.17, 15) is 0 Å². The molecule has 0 bridgehead atoms. The second kappa shape index (κ2) is 52.5. The summed E-state index contributed by atoms with van der Waals surface area (Å²) in [6.45, 7) is 9.99. The Balaban J connectivity index is 3.92. The molecular weight excluding hydrogens is 673 g/mol. The number of unbranched alkanes of at least 4 members (excludes halogenated alkanes) is 44. The number of allylic oxidation sites excluding steroid dienone is 2. The Bertz CT molecular complexity index is 646. The lowest BCUT2D eigenvalue weighted by Crippen LogP contribution is -2.01. The highest BCUT2D eigenvalue weighted by atomic mass is 14.2. The predicted octanol–water partition coefficient (Wildman–Crippen LogP) is 21.5. The van der Waals surface area contributed by atoms with E-state index in [1.165, 1.54) is 321 Å². The highest BCUT2D eigenvalue weighted by Gasteiger charge is 2.09. The molecule has 0 aliphatic heterocycles. The van der Waals surface area contributed by atoms with Crippen molar-refractivity contribution in [1.82, 2.24) is 0 Å². The van der Waals surface area contributed by atoms with Gasteiger partial charge in [0.05, 0.1) is 0 Å². The molecule has 0 N–H and O–H groups in total. The van der Waals surface area contributed by atoms with Crippen molar-refractivity contribution in [3.63, 3.8) is 0 Å². The zero-order chi connectivity index (χ0) is 40.3. The van der Waals surface area contributed by atoms with Gasteiger partial charge in [-0.3, -0.25) is 0 Å². The molecule has 0 saturated heterocycles. The molecule has 56 heavy (non-hydrogen) atoms. The molecule has 0 fully saturated rings. The molecule has 0 heteroatoms. The summed E-state index contributed by atoms with van der Waals surface area (Å²) in [5, 5.41) is 0. The molecule has 0 saturated carbocycles. The first-order chi connectivity index (χ1) is 27.8. The molecule has 334 valence electrons. The summed E-state index contributed by atoms with van der Waals surface area (Å²) in [7, 11) is 0. The van der Waals surface area contributed by atoms with Gasteiger partial charge in [0.15, 0.2) is 0 Å².